The first kappa shape index (κ1) is 34.2. The summed E-state index contributed by atoms with van der Waals surface area (Å²) in [7, 11) is 0. The second kappa shape index (κ2) is 14.7. The van der Waals surface area contributed by atoms with Crippen LogP contribution in [0.4, 0.5) is 0 Å². The number of thiophene rings is 1. The molecule has 10 aromatic rings. The van der Waals surface area contributed by atoms with Gasteiger partial charge in [-0.25, -0.2) is 0 Å². The second-order valence-corrected chi connectivity index (χ2v) is 16.1. The summed E-state index contributed by atoms with van der Waals surface area (Å²) in [6.07, 6.45) is 7.63. The van der Waals surface area contributed by atoms with Gasteiger partial charge in [-0.15, -0.1) is 11.3 Å². The minimum Gasteiger partial charge on any atom is -0.340 e. The van der Waals surface area contributed by atoms with Crippen LogP contribution in [0.15, 0.2) is 146 Å². The van der Waals surface area contributed by atoms with Crippen LogP contribution in [0.5, 0.6) is 0 Å². The van der Waals surface area contributed by atoms with Gasteiger partial charge in [-0.05, 0) is 76.5 Å². The fourth-order valence-corrected chi connectivity index (χ4v) is 9.77. The zero-order valence-corrected chi connectivity index (χ0v) is 32.5. The van der Waals surface area contributed by atoms with Crippen LogP contribution in [0.2, 0.25) is 0 Å². The first-order valence-electron chi connectivity index (χ1n) is 20.1. The molecule has 10 rings (SSSR count). The second-order valence-electron chi connectivity index (χ2n) is 15.1. The van der Waals surface area contributed by atoms with E-state index in [-0.39, 0.29) is 0 Å². The molecule has 0 unspecified atom stereocenters. The minimum atomic E-state index is 0.997. The van der Waals surface area contributed by atoms with Crippen LogP contribution in [0.1, 0.15) is 67.7 Å². The molecule has 2 heterocycles. The van der Waals surface area contributed by atoms with E-state index < -0.39 is 0 Å². The molecule has 268 valence electrons. The van der Waals surface area contributed by atoms with E-state index in [1.165, 1.54) is 113 Å². The van der Waals surface area contributed by atoms with Crippen LogP contribution in [0, 0.1) is 23.7 Å². The Hall–Kier alpha value is -6.32. The number of hydrogen-bond acceptors (Lipinski definition) is 1. The highest BCUT2D eigenvalue weighted by Gasteiger charge is 2.17. The van der Waals surface area contributed by atoms with E-state index in [0.717, 1.165) is 28.8 Å². The summed E-state index contributed by atoms with van der Waals surface area (Å²) in [4.78, 5) is 0. The van der Waals surface area contributed by atoms with Crippen molar-refractivity contribution in [3.05, 3.63) is 168 Å². The summed E-state index contributed by atoms with van der Waals surface area (Å²) < 4.78 is 5.23. The molecule has 0 saturated carbocycles. The molecule has 8 aromatic carbocycles. The monoisotopic (exact) mass is 735 g/mol. The molecule has 0 aliphatic carbocycles. The Morgan fingerprint density at radius 3 is 1.57 bits per heavy atom. The summed E-state index contributed by atoms with van der Waals surface area (Å²) in [5, 5.41) is 12.8. The van der Waals surface area contributed by atoms with Gasteiger partial charge in [0.25, 0.3) is 0 Å². The van der Waals surface area contributed by atoms with Gasteiger partial charge in [0.15, 0.2) is 0 Å². The van der Waals surface area contributed by atoms with Gasteiger partial charge in [0.1, 0.15) is 0 Å². The highest BCUT2D eigenvalue weighted by molar-refractivity contribution is 7.26. The fraction of sp³-hybridized carbons (Fsp3) is 0.148. The van der Waals surface area contributed by atoms with Crippen LogP contribution in [-0.2, 0) is 6.54 Å². The third-order valence-corrected chi connectivity index (χ3v) is 12.6. The number of unbranched alkanes of at least 4 members (excludes halogenated alkanes) is 5. The van der Waals surface area contributed by atoms with E-state index in [2.05, 4.69) is 181 Å². The van der Waals surface area contributed by atoms with Crippen molar-refractivity contribution in [2.24, 2.45) is 0 Å². The molecule has 0 aliphatic heterocycles. The maximum absolute atomic E-state index is 3.51. The van der Waals surface area contributed by atoms with Crippen LogP contribution in [0.25, 0.3) is 74.3 Å². The molecule has 0 N–H and O–H groups in total. The number of benzene rings is 8. The number of rotatable bonds is 7. The number of fused-ring (bicyclic) bond motifs is 11. The van der Waals surface area contributed by atoms with E-state index in [1.54, 1.807) is 0 Å². The lowest BCUT2D eigenvalue weighted by Crippen LogP contribution is -1.98. The Balaban J connectivity index is 1.06. The van der Waals surface area contributed by atoms with Crippen molar-refractivity contribution in [3.8, 4) is 23.7 Å². The number of hydrogen-bond donors (Lipinski definition) is 0. The van der Waals surface area contributed by atoms with Gasteiger partial charge < -0.3 is 4.57 Å². The summed E-state index contributed by atoms with van der Waals surface area (Å²) >= 11 is 1.89. The third-order valence-electron chi connectivity index (χ3n) is 11.4. The molecular weight excluding hydrogens is 695 g/mol. The highest BCUT2D eigenvalue weighted by Crippen LogP contribution is 2.42. The first-order valence-corrected chi connectivity index (χ1v) is 20.9. The van der Waals surface area contributed by atoms with Crippen LogP contribution >= 0.6 is 11.3 Å². The lowest BCUT2D eigenvalue weighted by molar-refractivity contribution is 0.571. The van der Waals surface area contributed by atoms with Crippen molar-refractivity contribution >= 4 is 85.6 Å². The summed E-state index contributed by atoms with van der Waals surface area (Å²) in [5.41, 5.74) is 6.79. The van der Waals surface area contributed by atoms with E-state index in [4.69, 9.17) is 0 Å². The van der Waals surface area contributed by atoms with Crippen LogP contribution in [-0.4, -0.2) is 4.57 Å². The van der Waals surface area contributed by atoms with Gasteiger partial charge in [-0.3, -0.25) is 0 Å². The van der Waals surface area contributed by atoms with Gasteiger partial charge in [0.2, 0.25) is 0 Å². The minimum absolute atomic E-state index is 0.997. The van der Waals surface area contributed by atoms with Crippen molar-refractivity contribution in [2.75, 3.05) is 0 Å². The number of aromatic nitrogens is 1. The smallest absolute Gasteiger partial charge is 0.0571 e. The summed E-state index contributed by atoms with van der Waals surface area (Å²) in [6, 6.07) is 52.9. The average molecular weight is 736 g/mol. The standard InChI is InChI=1S/C54H41NS/c1-2-3-4-5-6-11-32-55-51-35-39(18-16-37-20-24-41-12-7-9-14-43(41)33-37)22-26-45(51)47-28-31-50-48(53(47)55)29-30-49-46-27-23-40(36-52(46)56-54(49)50)19-17-38-21-25-42-13-8-10-15-44(42)34-38/h7-10,12-15,20-31,33-36H,2-6,11,32H2,1H3. The molecule has 0 atom stereocenters. The Morgan fingerprint density at radius 2 is 0.911 bits per heavy atom. The van der Waals surface area contributed by atoms with Crippen LogP contribution < -0.4 is 0 Å². The lowest BCUT2D eigenvalue weighted by Gasteiger charge is -2.10. The largest absolute Gasteiger partial charge is 0.340 e. The quantitative estimate of drug-likeness (QED) is 0.113. The first-order chi connectivity index (χ1) is 27.7. The Bertz CT molecular complexity index is 3260. The molecule has 2 heteroatoms. The molecule has 2 aromatic heterocycles. The van der Waals surface area contributed by atoms with Gasteiger partial charge >= 0.3 is 0 Å². The molecule has 0 aliphatic rings. The third kappa shape index (κ3) is 6.37. The van der Waals surface area contributed by atoms with Crippen molar-refractivity contribution in [1.29, 1.82) is 0 Å². The van der Waals surface area contributed by atoms with Crippen LogP contribution in [0.3, 0.4) is 0 Å². The van der Waals surface area contributed by atoms with Gasteiger partial charge in [-0.2, -0.15) is 0 Å². The SMILES string of the molecule is CCCCCCCCn1c2cc(C#Cc3ccc4ccccc4c3)ccc2c2ccc3c(ccc4c5ccc(C#Cc6ccc7ccccc7c6)cc5sc43)c21. The Morgan fingerprint density at radius 1 is 0.429 bits per heavy atom. The number of nitrogens with zero attached hydrogens (tertiary/aromatic N) is 1. The predicted molar refractivity (Wildman–Crippen MR) is 243 cm³/mol. The normalized spacial score (nSPS) is 11.5. The topological polar surface area (TPSA) is 4.93 Å². The van der Waals surface area contributed by atoms with E-state index in [9.17, 15) is 0 Å². The zero-order valence-electron chi connectivity index (χ0n) is 31.7. The Kier molecular flexibility index (Phi) is 8.99. The molecule has 0 radical (unpaired) electrons. The van der Waals surface area contributed by atoms with E-state index in [0.29, 0.717) is 0 Å². The van der Waals surface area contributed by atoms with E-state index >= 15 is 0 Å². The summed E-state index contributed by atoms with van der Waals surface area (Å²) in [6.45, 7) is 3.29. The fourth-order valence-electron chi connectivity index (χ4n) is 8.50. The average Bonchev–Trinajstić information content (AvgIpc) is 3.78. The van der Waals surface area contributed by atoms with Crippen molar-refractivity contribution in [3.63, 3.8) is 0 Å². The van der Waals surface area contributed by atoms with Gasteiger partial charge in [-0.1, -0.05) is 160 Å². The molecule has 0 spiro atoms. The zero-order chi connectivity index (χ0) is 37.4. The molecule has 0 amide bonds. The molecular formula is C54H41NS. The molecule has 0 fully saturated rings. The van der Waals surface area contributed by atoms with Gasteiger partial charge in [0.05, 0.1) is 11.0 Å². The van der Waals surface area contributed by atoms with Gasteiger partial charge in [0, 0.05) is 70.5 Å². The van der Waals surface area contributed by atoms with Crippen molar-refractivity contribution in [2.45, 2.75) is 52.0 Å². The Labute approximate surface area is 332 Å². The maximum atomic E-state index is 3.51. The maximum Gasteiger partial charge on any atom is 0.0571 e. The summed E-state index contributed by atoms with van der Waals surface area (Å²) in [5.74, 6) is 13.9. The lowest BCUT2D eigenvalue weighted by atomic mass is 10.0. The predicted octanol–water partition coefficient (Wildman–Crippen LogP) is 14.8. The van der Waals surface area contributed by atoms with E-state index in [1.807, 2.05) is 11.3 Å². The van der Waals surface area contributed by atoms with Crippen molar-refractivity contribution in [1.82, 2.24) is 4.57 Å². The molecule has 0 bridgehead atoms. The highest BCUT2D eigenvalue weighted by atomic mass is 32.1. The molecule has 56 heavy (non-hydrogen) atoms. The van der Waals surface area contributed by atoms with Crippen molar-refractivity contribution < 1.29 is 0 Å². The number of aryl methyl sites for hydroxylation is 1. The molecule has 1 nitrogen and oxygen atoms in total. The molecule has 0 saturated heterocycles.